The van der Waals surface area contributed by atoms with Gasteiger partial charge in [0, 0.05) is 16.5 Å². The van der Waals surface area contributed by atoms with E-state index in [0.717, 1.165) is 16.6 Å². The van der Waals surface area contributed by atoms with Crippen molar-refractivity contribution >= 4 is 26.9 Å². The summed E-state index contributed by atoms with van der Waals surface area (Å²) in [6.45, 7) is 0. The van der Waals surface area contributed by atoms with Gasteiger partial charge in [0.05, 0.1) is 17.8 Å². The second-order valence-corrected chi connectivity index (χ2v) is 5.71. The number of benzene rings is 1. The molecule has 0 radical (unpaired) electrons. The highest BCUT2D eigenvalue weighted by atomic mass is 32.1. The van der Waals surface area contributed by atoms with Gasteiger partial charge in [-0.3, -0.25) is 0 Å². The molecule has 0 saturated heterocycles. The predicted octanol–water partition coefficient (Wildman–Crippen LogP) is 3.60. The van der Waals surface area contributed by atoms with Crippen molar-refractivity contribution < 1.29 is 0 Å². The van der Waals surface area contributed by atoms with Gasteiger partial charge < -0.3 is 5.73 Å². The molecule has 0 aliphatic rings. The van der Waals surface area contributed by atoms with Gasteiger partial charge in [-0.05, 0) is 34.5 Å². The standard InChI is InChI=1S/C16H13N3S/c17-15(12-5-3-4-11-7-9-20-16(11)12)13-10-18-19-8-2-1-6-14(13)19/h1-10,15H,17H2. The van der Waals surface area contributed by atoms with Crippen LogP contribution in [0.3, 0.4) is 0 Å². The van der Waals surface area contributed by atoms with Crippen molar-refractivity contribution in [3.63, 3.8) is 0 Å². The van der Waals surface area contributed by atoms with E-state index in [2.05, 4.69) is 40.8 Å². The zero-order chi connectivity index (χ0) is 13.5. The Balaban J connectivity index is 1.92. The molecule has 0 fully saturated rings. The molecule has 4 rings (SSSR count). The van der Waals surface area contributed by atoms with Crippen LogP contribution in [0.5, 0.6) is 0 Å². The first-order chi connectivity index (χ1) is 9.84. The van der Waals surface area contributed by atoms with E-state index < -0.39 is 0 Å². The van der Waals surface area contributed by atoms with Crippen molar-refractivity contribution in [3.05, 3.63) is 71.4 Å². The molecule has 3 heterocycles. The number of nitrogens with zero attached hydrogens (tertiary/aromatic N) is 2. The lowest BCUT2D eigenvalue weighted by molar-refractivity contribution is 0.891. The van der Waals surface area contributed by atoms with Crippen LogP contribution in [0.25, 0.3) is 15.6 Å². The summed E-state index contributed by atoms with van der Waals surface area (Å²) in [5, 5.41) is 7.73. The molecule has 1 aromatic carbocycles. The van der Waals surface area contributed by atoms with Gasteiger partial charge in [0.25, 0.3) is 0 Å². The van der Waals surface area contributed by atoms with Crippen molar-refractivity contribution in [2.24, 2.45) is 5.73 Å². The summed E-state index contributed by atoms with van der Waals surface area (Å²) in [5.74, 6) is 0. The molecule has 3 nitrogen and oxygen atoms in total. The van der Waals surface area contributed by atoms with E-state index in [-0.39, 0.29) is 6.04 Å². The smallest absolute Gasteiger partial charge is 0.0712 e. The lowest BCUT2D eigenvalue weighted by atomic mass is 10.00. The van der Waals surface area contributed by atoms with E-state index in [4.69, 9.17) is 5.73 Å². The van der Waals surface area contributed by atoms with Gasteiger partial charge in [-0.2, -0.15) is 5.10 Å². The van der Waals surface area contributed by atoms with Gasteiger partial charge in [-0.25, -0.2) is 4.52 Å². The van der Waals surface area contributed by atoms with Crippen LogP contribution in [-0.4, -0.2) is 9.61 Å². The first-order valence-corrected chi connectivity index (χ1v) is 7.36. The molecule has 98 valence electrons. The van der Waals surface area contributed by atoms with Crippen LogP contribution in [0.15, 0.2) is 60.2 Å². The van der Waals surface area contributed by atoms with E-state index in [1.165, 1.54) is 10.1 Å². The summed E-state index contributed by atoms with van der Waals surface area (Å²) in [6, 6.07) is 14.3. The highest BCUT2D eigenvalue weighted by Crippen LogP contribution is 2.32. The maximum Gasteiger partial charge on any atom is 0.0712 e. The minimum absolute atomic E-state index is 0.155. The van der Waals surface area contributed by atoms with Crippen LogP contribution < -0.4 is 5.73 Å². The van der Waals surface area contributed by atoms with Crippen LogP contribution in [0.2, 0.25) is 0 Å². The van der Waals surface area contributed by atoms with Crippen LogP contribution in [0.1, 0.15) is 17.2 Å². The predicted molar refractivity (Wildman–Crippen MR) is 83.0 cm³/mol. The van der Waals surface area contributed by atoms with Gasteiger partial charge in [0.2, 0.25) is 0 Å². The monoisotopic (exact) mass is 279 g/mol. The zero-order valence-corrected chi connectivity index (χ0v) is 11.5. The van der Waals surface area contributed by atoms with Gasteiger partial charge in [0.1, 0.15) is 0 Å². The van der Waals surface area contributed by atoms with Gasteiger partial charge in [-0.1, -0.05) is 24.3 Å². The van der Waals surface area contributed by atoms with E-state index in [1.807, 2.05) is 29.0 Å². The largest absolute Gasteiger partial charge is 0.320 e. The zero-order valence-electron chi connectivity index (χ0n) is 10.7. The summed E-state index contributed by atoms with van der Waals surface area (Å²) < 4.78 is 3.12. The summed E-state index contributed by atoms with van der Waals surface area (Å²) in [4.78, 5) is 0. The number of aromatic nitrogens is 2. The minimum Gasteiger partial charge on any atom is -0.320 e. The fraction of sp³-hybridized carbons (Fsp3) is 0.0625. The minimum atomic E-state index is -0.155. The Bertz CT molecular complexity index is 891. The molecule has 0 saturated carbocycles. The Hall–Kier alpha value is -2.17. The van der Waals surface area contributed by atoms with Crippen molar-refractivity contribution in [2.75, 3.05) is 0 Å². The molecule has 0 amide bonds. The van der Waals surface area contributed by atoms with E-state index in [1.54, 1.807) is 11.3 Å². The number of thiophene rings is 1. The Morgan fingerprint density at radius 3 is 2.95 bits per heavy atom. The molecule has 1 atom stereocenters. The molecule has 4 heteroatoms. The number of pyridine rings is 1. The molecular weight excluding hydrogens is 266 g/mol. The van der Waals surface area contributed by atoms with E-state index >= 15 is 0 Å². The van der Waals surface area contributed by atoms with Crippen LogP contribution >= 0.6 is 11.3 Å². The Labute approximate surface area is 120 Å². The fourth-order valence-electron chi connectivity index (χ4n) is 2.62. The lowest BCUT2D eigenvalue weighted by Gasteiger charge is -2.12. The third-order valence-electron chi connectivity index (χ3n) is 3.64. The number of hydrogen-bond acceptors (Lipinski definition) is 3. The summed E-state index contributed by atoms with van der Waals surface area (Å²) >= 11 is 1.74. The Kier molecular flexibility index (Phi) is 2.58. The van der Waals surface area contributed by atoms with Crippen molar-refractivity contribution in [2.45, 2.75) is 6.04 Å². The first kappa shape index (κ1) is 11.6. The fourth-order valence-corrected chi connectivity index (χ4v) is 3.58. The van der Waals surface area contributed by atoms with Crippen molar-refractivity contribution in [1.82, 2.24) is 9.61 Å². The van der Waals surface area contributed by atoms with E-state index in [0.29, 0.717) is 0 Å². The lowest BCUT2D eigenvalue weighted by Crippen LogP contribution is -2.11. The van der Waals surface area contributed by atoms with Gasteiger partial charge >= 0.3 is 0 Å². The number of nitrogens with two attached hydrogens (primary N) is 1. The van der Waals surface area contributed by atoms with Crippen molar-refractivity contribution in [3.8, 4) is 0 Å². The SMILES string of the molecule is NC(c1cccc2ccsc12)c1cnn2ccccc12. The summed E-state index contributed by atoms with van der Waals surface area (Å²) in [7, 11) is 0. The Morgan fingerprint density at radius 2 is 2.00 bits per heavy atom. The van der Waals surface area contributed by atoms with Gasteiger partial charge in [-0.15, -0.1) is 11.3 Å². The van der Waals surface area contributed by atoms with Crippen molar-refractivity contribution in [1.29, 1.82) is 0 Å². The highest BCUT2D eigenvalue weighted by molar-refractivity contribution is 7.17. The summed E-state index contributed by atoms with van der Waals surface area (Å²) in [5.41, 5.74) is 9.79. The second kappa shape index (κ2) is 4.44. The number of hydrogen-bond donors (Lipinski definition) is 1. The third-order valence-corrected chi connectivity index (χ3v) is 4.62. The van der Waals surface area contributed by atoms with Gasteiger partial charge in [0.15, 0.2) is 0 Å². The second-order valence-electron chi connectivity index (χ2n) is 4.79. The first-order valence-electron chi connectivity index (χ1n) is 6.48. The molecule has 0 spiro atoms. The molecule has 0 aliphatic carbocycles. The number of rotatable bonds is 2. The van der Waals surface area contributed by atoms with Crippen LogP contribution in [0.4, 0.5) is 0 Å². The molecule has 0 bridgehead atoms. The Morgan fingerprint density at radius 1 is 1.05 bits per heavy atom. The molecule has 20 heavy (non-hydrogen) atoms. The molecule has 4 aromatic rings. The molecule has 1 unspecified atom stereocenters. The van der Waals surface area contributed by atoms with Crippen LogP contribution in [0, 0.1) is 0 Å². The maximum absolute atomic E-state index is 6.51. The maximum atomic E-state index is 6.51. The summed E-state index contributed by atoms with van der Waals surface area (Å²) in [6.07, 6.45) is 3.81. The average molecular weight is 279 g/mol. The third kappa shape index (κ3) is 1.66. The highest BCUT2D eigenvalue weighted by Gasteiger charge is 2.16. The number of fused-ring (bicyclic) bond motifs is 2. The normalized spacial score (nSPS) is 13.1. The average Bonchev–Trinajstić information content (AvgIpc) is 3.12. The molecule has 0 aliphatic heterocycles. The topological polar surface area (TPSA) is 43.3 Å². The quantitative estimate of drug-likeness (QED) is 0.609. The molecular formula is C16H13N3S. The molecule has 2 N–H and O–H groups in total. The molecule has 3 aromatic heterocycles. The van der Waals surface area contributed by atoms with E-state index in [9.17, 15) is 0 Å². The van der Waals surface area contributed by atoms with Crippen LogP contribution in [-0.2, 0) is 0 Å².